The second kappa shape index (κ2) is 7.20. The molecule has 1 fully saturated rings. The zero-order valence-electron chi connectivity index (χ0n) is 13.2. The van der Waals surface area contributed by atoms with Crippen molar-refractivity contribution in [2.24, 2.45) is 0 Å². The van der Waals surface area contributed by atoms with Crippen molar-refractivity contribution in [1.82, 2.24) is 9.55 Å². The van der Waals surface area contributed by atoms with Gasteiger partial charge in [-0.2, -0.15) is 4.39 Å². The van der Waals surface area contributed by atoms with Gasteiger partial charge in [0.2, 0.25) is 5.82 Å². The molecule has 0 radical (unpaired) electrons. The zero-order valence-corrected chi connectivity index (χ0v) is 13.2. The third kappa shape index (κ3) is 3.29. The van der Waals surface area contributed by atoms with Crippen LogP contribution in [0.2, 0.25) is 0 Å². The summed E-state index contributed by atoms with van der Waals surface area (Å²) in [6.07, 6.45) is -4.92. The summed E-state index contributed by atoms with van der Waals surface area (Å²) in [6, 6.07) is 7.93. The molecular weight excluding hydrogens is 351 g/mol. The van der Waals surface area contributed by atoms with Crippen LogP contribution in [0.5, 0.6) is 0 Å². The summed E-state index contributed by atoms with van der Waals surface area (Å²) in [4.78, 5) is 36.9. The number of hydrogen-bond acceptors (Lipinski definition) is 7. The van der Waals surface area contributed by atoms with E-state index in [1.807, 2.05) is 0 Å². The number of esters is 1. The molecule has 0 saturated carbocycles. The van der Waals surface area contributed by atoms with E-state index in [0.717, 1.165) is 0 Å². The van der Waals surface area contributed by atoms with Crippen molar-refractivity contribution in [3.8, 4) is 0 Å². The molecule has 1 aliphatic heterocycles. The molecule has 1 aliphatic rings. The number of hydrogen-bond donors (Lipinski definition) is 3. The number of aliphatic hydroxyl groups is 2. The Hall–Kier alpha value is -2.82. The smallest absolute Gasteiger partial charge is 0.338 e. The number of H-pyrrole nitrogens is 1. The molecule has 0 aliphatic carbocycles. The average molecular weight is 366 g/mol. The molecule has 10 heteroatoms. The first-order valence-corrected chi connectivity index (χ1v) is 7.63. The number of carbonyl (C=O) groups excluding carboxylic acids is 1. The average Bonchev–Trinajstić information content (AvgIpc) is 2.94. The lowest BCUT2D eigenvalue weighted by Crippen LogP contribution is -2.40. The van der Waals surface area contributed by atoms with Crippen LogP contribution in [-0.4, -0.2) is 50.7 Å². The van der Waals surface area contributed by atoms with Crippen LogP contribution >= 0.6 is 0 Å². The van der Waals surface area contributed by atoms with E-state index in [2.05, 4.69) is 0 Å². The monoisotopic (exact) mass is 366 g/mol. The van der Waals surface area contributed by atoms with Crippen molar-refractivity contribution < 1.29 is 28.9 Å². The molecule has 0 spiro atoms. The predicted molar refractivity (Wildman–Crippen MR) is 83.9 cm³/mol. The first-order chi connectivity index (χ1) is 12.4. The van der Waals surface area contributed by atoms with Crippen molar-refractivity contribution >= 4 is 5.97 Å². The minimum atomic E-state index is -1.58. The highest BCUT2D eigenvalue weighted by atomic mass is 19.1. The lowest BCUT2D eigenvalue weighted by atomic mass is 10.1. The third-order valence-corrected chi connectivity index (χ3v) is 3.94. The first kappa shape index (κ1) is 18.0. The van der Waals surface area contributed by atoms with Gasteiger partial charge in [-0.05, 0) is 12.1 Å². The van der Waals surface area contributed by atoms with Crippen molar-refractivity contribution in [3.05, 3.63) is 68.7 Å². The van der Waals surface area contributed by atoms with E-state index in [1.165, 1.54) is 12.1 Å². The molecule has 3 N–H and O–H groups in total. The molecule has 2 aromatic rings. The molecule has 2 heterocycles. The van der Waals surface area contributed by atoms with E-state index in [-0.39, 0.29) is 5.56 Å². The first-order valence-electron chi connectivity index (χ1n) is 7.63. The molecule has 9 nitrogen and oxygen atoms in total. The van der Waals surface area contributed by atoms with Gasteiger partial charge in [-0.3, -0.25) is 14.3 Å². The number of aromatic amines is 1. The van der Waals surface area contributed by atoms with Crippen LogP contribution in [0.15, 0.2) is 46.1 Å². The van der Waals surface area contributed by atoms with E-state index < -0.39 is 54.2 Å². The summed E-state index contributed by atoms with van der Waals surface area (Å²) in [6.45, 7) is -0.624. The van der Waals surface area contributed by atoms with Crippen molar-refractivity contribution in [2.45, 2.75) is 24.5 Å². The highest BCUT2D eigenvalue weighted by Crippen LogP contribution is 2.30. The number of aromatic nitrogens is 2. The molecular formula is C16H15FN2O7. The molecule has 138 valence electrons. The fraction of sp³-hybridized carbons (Fsp3) is 0.312. The molecule has 3 rings (SSSR count). The van der Waals surface area contributed by atoms with E-state index in [9.17, 15) is 29.0 Å². The van der Waals surface area contributed by atoms with E-state index in [0.29, 0.717) is 10.8 Å². The summed E-state index contributed by atoms with van der Waals surface area (Å²) in [5.74, 6) is -2.02. The van der Waals surface area contributed by atoms with Gasteiger partial charge in [0.25, 0.3) is 5.56 Å². The number of nitrogens with one attached hydrogen (secondary N) is 1. The van der Waals surface area contributed by atoms with E-state index >= 15 is 0 Å². The minimum Gasteiger partial charge on any atom is -0.453 e. The number of rotatable bonds is 4. The fourth-order valence-electron chi connectivity index (χ4n) is 2.66. The van der Waals surface area contributed by atoms with Gasteiger partial charge < -0.3 is 19.7 Å². The topological polar surface area (TPSA) is 131 Å². The maximum atomic E-state index is 13.5. The van der Waals surface area contributed by atoms with Crippen LogP contribution in [0.3, 0.4) is 0 Å². The van der Waals surface area contributed by atoms with Crippen LogP contribution in [0, 0.1) is 5.82 Å². The third-order valence-electron chi connectivity index (χ3n) is 3.94. The van der Waals surface area contributed by atoms with Gasteiger partial charge in [0.1, 0.15) is 12.2 Å². The quantitative estimate of drug-likeness (QED) is 0.601. The number of ether oxygens (including phenoxy) is 2. The molecule has 0 amide bonds. The van der Waals surface area contributed by atoms with Crippen molar-refractivity contribution in [3.63, 3.8) is 0 Å². The van der Waals surface area contributed by atoms with Crippen LogP contribution < -0.4 is 11.2 Å². The highest BCUT2D eigenvalue weighted by Gasteiger charge is 2.47. The largest absolute Gasteiger partial charge is 0.453 e. The minimum absolute atomic E-state index is 0.215. The number of nitrogens with zero attached hydrogens (tertiary/aromatic N) is 1. The SMILES string of the molecule is O=C(O[C@H]1[C@@H](O)[C@H](n2cc(F)c(=O)[nH]c2=O)O[C@@H]1CO)c1ccccc1. The van der Waals surface area contributed by atoms with Gasteiger partial charge in [-0.1, -0.05) is 18.2 Å². The zero-order chi connectivity index (χ0) is 18.8. The van der Waals surface area contributed by atoms with Crippen molar-refractivity contribution in [2.75, 3.05) is 6.61 Å². The standard InChI is InChI=1S/C16H15FN2O7/c17-9-6-19(16(24)18-13(9)22)14-11(21)12(10(7-20)25-14)26-15(23)8-4-2-1-3-5-8/h1-6,10-12,14,20-21H,7H2,(H,18,22,24)/t10-,11-,12-,14-/m1/s1. The van der Waals surface area contributed by atoms with Gasteiger partial charge in [0.05, 0.1) is 18.4 Å². The second-order valence-corrected chi connectivity index (χ2v) is 5.62. The Morgan fingerprint density at radius 2 is 2.00 bits per heavy atom. The maximum Gasteiger partial charge on any atom is 0.338 e. The lowest BCUT2D eigenvalue weighted by molar-refractivity contribution is -0.0567. The van der Waals surface area contributed by atoms with Crippen LogP contribution in [0.1, 0.15) is 16.6 Å². The Bertz CT molecular complexity index is 911. The Morgan fingerprint density at radius 3 is 2.65 bits per heavy atom. The van der Waals surface area contributed by atoms with Gasteiger partial charge in [0.15, 0.2) is 12.3 Å². The number of halogens is 1. The summed E-state index contributed by atoms with van der Waals surface area (Å²) in [7, 11) is 0. The summed E-state index contributed by atoms with van der Waals surface area (Å²) in [5.41, 5.74) is -2.02. The Balaban J connectivity index is 1.87. The Morgan fingerprint density at radius 1 is 1.31 bits per heavy atom. The summed E-state index contributed by atoms with van der Waals surface area (Å²) in [5, 5.41) is 19.8. The van der Waals surface area contributed by atoms with Gasteiger partial charge in [-0.25, -0.2) is 9.59 Å². The second-order valence-electron chi connectivity index (χ2n) is 5.62. The van der Waals surface area contributed by atoms with Crippen LogP contribution in [0.25, 0.3) is 0 Å². The number of aliphatic hydroxyl groups excluding tert-OH is 2. The molecule has 0 unspecified atom stereocenters. The molecule has 4 atom stereocenters. The predicted octanol–water partition coefficient (Wildman–Crippen LogP) is -0.848. The van der Waals surface area contributed by atoms with Crippen LogP contribution in [0.4, 0.5) is 4.39 Å². The summed E-state index contributed by atoms with van der Waals surface area (Å²) >= 11 is 0. The van der Waals surface area contributed by atoms with Gasteiger partial charge in [0, 0.05) is 0 Å². The molecule has 1 aromatic carbocycles. The van der Waals surface area contributed by atoms with Crippen molar-refractivity contribution in [1.29, 1.82) is 0 Å². The molecule has 1 aromatic heterocycles. The summed E-state index contributed by atoms with van der Waals surface area (Å²) < 4.78 is 24.6. The van der Waals surface area contributed by atoms with Crippen LogP contribution in [-0.2, 0) is 9.47 Å². The number of benzene rings is 1. The van der Waals surface area contributed by atoms with Gasteiger partial charge >= 0.3 is 11.7 Å². The normalized spacial score (nSPS) is 25.2. The van der Waals surface area contributed by atoms with E-state index in [1.54, 1.807) is 23.2 Å². The number of carbonyl (C=O) groups is 1. The van der Waals surface area contributed by atoms with E-state index in [4.69, 9.17) is 9.47 Å². The lowest BCUT2D eigenvalue weighted by Gasteiger charge is -2.20. The maximum absolute atomic E-state index is 13.5. The fourth-order valence-corrected chi connectivity index (χ4v) is 2.66. The molecule has 1 saturated heterocycles. The van der Waals surface area contributed by atoms with Gasteiger partial charge in [-0.15, -0.1) is 0 Å². The Kier molecular flexibility index (Phi) is 4.98. The molecule has 26 heavy (non-hydrogen) atoms. The highest BCUT2D eigenvalue weighted by molar-refractivity contribution is 5.89. The molecule has 0 bridgehead atoms. The Labute approximate surface area is 145 Å².